The maximum absolute atomic E-state index is 11.8. The second-order valence-electron chi connectivity index (χ2n) is 6.90. The van der Waals surface area contributed by atoms with Crippen LogP contribution in [0.5, 0.6) is 0 Å². The van der Waals surface area contributed by atoms with E-state index in [2.05, 4.69) is 0 Å². The molecule has 0 fully saturated rings. The van der Waals surface area contributed by atoms with E-state index in [0.717, 1.165) is 0 Å². The van der Waals surface area contributed by atoms with Crippen LogP contribution in [0.3, 0.4) is 0 Å². The lowest BCUT2D eigenvalue weighted by Gasteiger charge is -2.18. The molecule has 2 aromatic carbocycles. The van der Waals surface area contributed by atoms with Gasteiger partial charge in [-0.15, -0.1) is 0 Å². The SMILES string of the molecule is CC(COCCOC(=O)c1ccccc1)OCC(C)OCCOC(=O)c1ccccc1. The number of hydrogen-bond donors (Lipinski definition) is 0. The minimum Gasteiger partial charge on any atom is -0.460 e. The van der Waals surface area contributed by atoms with Crippen molar-refractivity contribution in [2.45, 2.75) is 26.1 Å². The van der Waals surface area contributed by atoms with Crippen molar-refractivity contribution in [3.63, 3.8) is 0 Å². The smallest absolute Gasteiger partial charge is 0.338 e. The summed E-state index contributed by atoms with van der Waals surface area (Å²) in [7, 11) is 0. The highest BCUT2D eigenvalue weighted by Crippen LogP contribution is 2.03. The quantitative estimate of drug-likeness (QED) is 0.335. The molecular formula is C24H30O7. The molecule has 31 heavy (non-hydrogen) atoms. The van der Waals surface area contributed by atoms with Crippen molar-refractivity contribution >= 4 is 11.9 Å². The summed E-state index contributed by atoms with van der Waals surface area (Å²) in [6.07, 6.45) is -0.281. The number of ether oxygens (including phenoxy) is 5. The summed E-state index contributed by atoms with van der Waals surface area (Å²) in [6, 6.07) is 17.6. The Kier molecular flexibility index (Phi) is 11.3. The van der Waals surface area contributed by atoms with Crippen LogP contribution in [-0.2, 0) is 23.7 Å². The van der Waals surface area contributed by atoms with Crippen LogP contribution in [0.1, 0.15) is 34.6 Å². The average molecular weight is 430 g/mol. The van der Waals surface area contributed by atoms with Gasteiger partial charge in [0.1, 0.15) is 13.2 Å². The number of rotatable bonds is 14. The van der Waals surface area contributed by atoms with E-state index in [1.54, 1.807) is 48.5 Å². The first-order valence-electron chi connectivity index (χ1n) is 10.3. The van der Waals surface area contributed by atoms with Crippen molar-refractivity contribution in [3.8, 4) is 0 Å². The Morgan fingerprint density at radius 1 is 0.645 bits per heavy atom. The maximum atomic E-state index is 11.8. The van der Waals surface area contributed by atoms with Crippen molar-refractivity contribution in [3.05, 3.63) is 71.8 Å². The second-order valence-corrected chi connectivity index (χ2v) is 6.90. The van der Waals surface area contributed by atoms with Gasteiger partial charge in [0.15, 0.2) is 0 Å². The molecule has 168 valence electrons. The molecule has 2 rings (SSSR count). The Labute approximate surface area is 183 Å². The molecule has 0 bridgehead atoms. The normalized spacial score (nSPS) is 12.7. The van der Waals surface area contributed by atoms with Crippen LogP contribution in [0.15, 0.2) is 60.7 Å². The van der Waals surface area contributed by atoms with E-state index in [9.17, 15) is 9.59 Å². The van der Waals surface area contributed by atoms with Crippen LogP contribution in [0.2, 0.25) is 0 Å². The van der Waals surface area contributed by atoms with E-state index in [1.807, 2.05) is 26.0 Å². The summed E-state index contributed by atoms with van der Waals surface area (Å²) < 4.78 is 27.1. The zero-order valence-electron chi connectivity index (χ0n) is 18.0. The number of benzene rings is 2. The van der Waals surface area contributed by atoms with Crippen molar-refractivity contribution < 1.29 is 33.3 Å². The first kappa shape index (κ1) is 24.5. The van der Waals surface area contributed by atoms with Crippen molar-refractivity contribution in [2.75, 3.05) is 39.6 Å². The lowest BCUT2D eigenvalue weighted by atomic mass is 10.2. The molecule has 0 saturated heterocycles. The van der Waals surface area contributed by atoms with Gasteiger partial charge in [-0.3, -0.25) is 0 Å². The molecule has 7 nitrogen and oxygen atoms in total. The number of carbonyl (C=O) groups excluding carboxylic acids is 2. The van der Waals surface area contributed by atoms with E-state index in [1.165, 1.54) is 0 Å². The molecule has 0 heterocycles. The second kappa shape index (κ2) is 14.3. The molecule has 0 saturated carbocycles. The lowest BCUT2D eigenvalue weighted by Crippen LogP contribution is -2.25. The predicted molar refractivity (Wildman–Crippen MR) is 115 cm³/mol. The van der Waals surface area contributed by atoms with Gasteiger partial charge in [-0.1, -0.05) is 36.4 Å². The largest absolute Gasteiger partial charge is 0.460 e. The van der Waals surface area contributed by atoms with Gasteiger partial charge in [-0.05, 0) is 38.1 Å². The Morgan fingerprint density at radius 2 is 1.13 bits per heavy atom. The molecule has 2 unspecified atom stereocenters. The van der Waals surface area contributed by atoms with E-state index in [-0.39, 0.29) is 37.4 Å². The standard InChI is InChI=1S/C24H30O7/c1-19(17-27-13-14-29-23(25)21-9-5-3-6-10-21)31-18-20(2)28-15-16-30-24(26)22-11-7-4-8-12-22/h3-12,19-20H,13-18H2,1-2H3. The molecule has 7 heteroatoms. The third kappa shape index (κ3) is 10.2. The third-order valence-electron chi connectivity index (χ3n) is 4.17. The van der Waals surface area contributed by atoms with Crippen LogP contribution < -0.4 is 0 Å². The maximum Gasteiger partial charge on any atom is 0.338 e. The molecule has 2 atom stereocenters. The Morgan fingerprint density at radius 3 is 1.68 bits per heavy atom. The summed E-state index contributed by atoms with van der Waals surface area (Å²) in [4.78, 5) is 23.6. The number of hydrogen-bond acceptors (Lipinski definition) is 7. The fourth-order valence-corrected chi connectivity index (χ4v) is 2.54. The fourth-order valence-electron chi connectivity index (χ4n) is 2.54. The summed E-state index contributed by atoms with van der Waals surface area (Å²) in [5.41, 5.74) is 1.03. The van der Waals surface area contributed by atoms with Gasteiger partial charge in [-0.25, -0.2) is 9.59 Å². The molecule has 0 aliphatic heterocycles. The molecule has 0 aliphatic carbocycles. The zero-order chi connectivity index (χ0) is 22.3. The Bertz CT molecular complexity index is 764. The molecule has 2 aromatic rings. The highest BCUT2D eigenvalue weighted by atomic mass is 16.6. The molecule has 0 spiro atoms. The lowest BCUT2D eigenvalue weighted by molar-refractivity contribution is -0.0658. The third-order valence-corrected chi connectivity index (χ3v) is 4.17. The van der Waals surface area contributed by atoms with Crippen LogP contribution in [0.25, 0.3) is 0 Å². The van der Waals surface area contributed by atoms with Gasteiger partial charge >= 0.3 is 11.9 Å². The Balaban J connectivity index is 1.46. The van der Waals surface area contributed by atoms with E-state index in [0.29, 0.717) is 37.6 Å². The van der Waals surface area contributed by atoms with Crippen LogP contribution in [0.4, 0.5) is 0 Å². The highest BCUT2D eigenvalue weighted by Gasteiger charge is 2.10. The fraction of sp³-hybridized carbons (Fsp3) is 0.417. The van der Waals surface area contributed by atoms with Crippen molar-refractivity contribution in [1.29, 1.82) is 0 Å². The minimum absolute atomic E-state index is 0.133. The summed E-state index contributed by atoms with van der Waals surface area (Å²) >= 11 is 0. The summed E-state index contributed by atoms with van der Waals surface area (Å²) in [6.45, 7) is 5.50. The monoisotopic (exact) mass is 430 g/mol. The Hall–Kier alpha value is -2.74. The van der Waals surface area contributed by atoms with E-state index < -0.39 is 0 Å². The van der Waals surface area contributed by atoms with Gasteiger partial charge in [0.25, 0.3) is 0 Å². The number of carbonyl (C=O) groups is 2. The van der Waals surface area contributed by atoms with Crippen molar-refractivity contribution in [1.82, 2.24) is 0 Å². The van der Waals surface area contributed by atoms with E-state index in [4.69, 9.17) is 23.7 Å². The summed E-state index contributed by atoms with van der Waals surface area (Å²) in [5, 5.41) is 0. The molecule has 0 aromatic heterocycles. The topological polar surface area (TPSA) is 80.3 Å². The van der Waals surface area contributed by atoms with Gasteiger partial charge in [0, 0.05) is 0 Å². The van der Waals surface area contributed by atoms with Crippen LogP contribution in [-0.4, -0.2) is 63.8 Å². The molecule has 0 amide bonds. The number of esters is 2. The first-order chi connectivity index (χ1) is 15.1. The molecule has 0 N–H and O–H groups in total. The van der Waals surface area contributed by atoms with Crippen molar-refractivity contribution in [2.24, 2.45) is 0 Å². The van der Waals surface area contributed by atoms with Gasteiger partial charge in [-0.2, -0.15) is 0 Å². The highest BCUT2D eigenvalue weighted by molar-refractivity contribution is 5.89. The average Bonchev–Trinajstić information content (AvgIpc) is 2.81. The zero-order valence-corrected chi connectivity index (χ0v) is 18.0. The van der Waals surface area contributed by atoms with Gasteiger partial charge < -0.3 is 23.7 Å². The first-order valence-corrected chi connectivity index (χ1v) is 10.3. The molecule has 0 aliphatic rings. The summed E-state index contributed by atoms with van der Waals surface area (Å²) in [5.74, 6) is -0.734. The van der Waals surface area contributed by atoms with Gasteiger partial charge in [0.2, 0.25) is 0 Å². The van der Waals surface area contributed by atoms with Gasteiger partial charge in [0.05, 0.1) is 49.8 Å². The minimum atomic E-state index is -0.367. The predicted octanol–water partition coefficient (Wildman–Crippen LogP) is 3.53. The van der Waals surface area contributed by atoms with E-state index >= 15 is 0 Å². The molecular weight excluding hydrogens is 400 g/mol. The van der Waals surface area contributed by atoms with Crippen LogP contribution >= 0.6 is 0 Å². The molecule has 0 radical (unpaired) electrons. The van der Waals surface area contributed by atoms with Crippen LogP contribution in [0, 0.1) is 0 Å².